The minimum Gasteiger partial charge on any atom is -0.478 e. The van der Waals surface area contributed by atoms with Crippen molar-refractivity contribution in [3.05, 3.63) is 88.6 Å². The highest BCUT2D eigenvalue weighted by molar-refractivity contribution is 6.30. The maximum Gasteiger partial charge on any atom is 0.335 e. The Labute approximate surface area is 249 Å². The van der Waals surface area contributed by atoms with Crippen LogP contribution in [0.1, 0.15) is 40.4 Å². The Morgan fingerprint density at radius 3 is 2.48 bits per heavy atom. The average molecular weight is 593 g/mol. The highest BCUT2D eigenvalue weighted by atomic mass is 35.5. The Balaban J connectivity index is 1.06. The van der Waals surface area contributed by atoms with Crippen LogP contribution in [0.25, 0.3) is 0 Å². The third-order valence-corrected chi connectivity index (χ3v) is 8.23. The number of urea groups is 1. The first-order valence-electron chi connectivity index (χ1n) is 14.2. The summed E-state index contributed by atoms with van der Waals surface area (Å²) in [6.07, 6.45) is 3.16. The topological polar surface area (TPSA) is 105 Å². The molecule has 220 valence electrons. The Kier molecular flexibility index (Phi) is 8.57. The molecule has 0 bridgehead atoms. The number of piperidine rings is 1. The molecule has 6 rings (SSSR count). The first-order valence-corrected chi connectivity index (χ1v) is 14.5. The number of hydrogen-bond acceptors (Lipinski definition) is 7. The van der Waals surface area contributed by atoms with Crippen LogP contribution in [0.2, 0.25) is 5.02 Å². The number of pyridine rings is 1. The summed E-state index contributed by atoms with van der Waals surface area (Å²) in [7, 11) is 0. The molecule has 4 heterocycles. The molecule has 3 aromatic rings. The predicted molar refractivity (Wildman–Crippen MR) is 155 cm³/mol. The quantitative estimate of drug-likeness (QED) is 0.368. The van der Waals surface area contributed by atoms with Crippen LogP contribution in [0.3, 0.4) is 0 Å². The summed E-state index contributed by atoms with van der Waals surface area (Å²) in [5.41, 5.74) is 2.31. The van der Waals surface area contributed by atoms with Crippen molar-refractivity contribution in [2.45, 2.75) is 37.8 Å². The normalized spacial score (nSPS) is 20.4. The number of ether oxygens (including phenoxy) is 3. The van der Waals surface area contributed by atoms with Crippen molar-refractivity contribution in [2.24, 2.45) is 0 Å². The molecule has 3 saturated heterocycles. The van der Waals surface area contributed by atoms with Crippen LogP contribution in [0.15, 0.2) is 66.9 Å². The Bertz CT molecular complexity index is 1390. The van der Waals surface area contributed by atoms with Gasteiger partial charge in [-0.15, -0.1) is 0 Å². The van der Waals surface area contributed by atoms with Crippen molar-refractivity contribution in [1.29, 1.82) is 0 Å². The van der Waals surface area contributed by atoms with Crippen LogP contribution >= 0.6 is 11.6 Å². The molecule has 3 fully saturated rings. The number of aromatic carboxylic acids is 1. The number of nitrogens with zero attached hydrogens (tertiary/aromatic N) is 4. The molecule has 3 aliphatic heterocycles. The highest BCUT2D eigenvalue weighted by Gasteiger charge is 2.43. The number of aromatic nitrogens is 1. The van der Waals surface area contributed by atoms with Gasteiger partial charge in [-0.3, -0.25) is 4.90 Å². The largest absolute Gasteiger partial charge is 0.478 e. The summed E-state index contributed by atoms with van der Waals surface area (Å²) >= 11 is 6.33. The second kappa shape index (κ2) is 12.7. The Hall–Kier alpha value is -3.70. The van der Waals surface area contributed by atoms with Gasteiger partial charge in [0.1, 0.15) is 5.75 Å². The number of likely N-dealkylation sites (tertiary alicyclic amines) is 1. The predicted octanol–water partition coefficient (Wildman–Crippen LogP) is 5.04. The van der Waals surface area contributed by atoms with Gasteiger partial charge < -0.3 is 29.1 Å². The number of carbonyl (C=O) groups is 2. The van der Waals surface area contributed by atoms with Crippen LogP contribution < -0.4 is 4.74 Å². The van der Waals surface area contributed by atoms with Crippen molar-refractivity contribution in [3.63, 3.8) is 0 Å². The molecular weight excluding hydrogens is 560 g/mol. The van der Waals surface area contributed by atoms with Gasteiger partial charge in [-0.25, -0.2) is 14.6 Å². The van der Waals surface area contributed by atoms with E-state index in [0.717, 1.165) is 43.6 Å². The zero-order chi connectivity index (χ0) is 29.1. The van der Waals surface area contributed by atoms with Crippen LogP contribution in [-0.2, 0) is 16.0 Å². The molecule has 0 saturated carbocycles. The van der Waals surface area contributed by atoms with Crippen molar-refractivity contribution >= 4 is 23.6 Å². The zero-order valence-electron chi connectivity index (χ0n) is 23.1. The molecule has 0 aliphatic carbocycles. The fraction of sp³-hybridized carbons (Fsp3) is 0.387. The summed E-state index contributed by atoms with van der Waals surface area (Å²) in [6, 6.07) is 17.9. The molecule has 2 aromatic carbocycles. The molecule has 0 unspecified atom stereocenters. The minimum atomic E-state index is -0.979. The fourth-order valence-corrected chi connectivity index (χ4v) is 6.07. The number of carbonyl (C=O) groups excluding carboxylic acids is 1. The second-order valence-corrected chi connectivity index (χ2v) is 11.2. The summed E-state index contributed by atoms with van der Waals surface area (Å²) in [5.74, 6) is -0.0117. The number of halogens is 1. The van der Waals surface area contributed by atoms with E-state index in [4.69, 9.17) is 30.9 Å². The molecule has 0 radical (unpaired) electrons. The lowest BCUT2D eigenvalue weighted by molar-refractivity contribution is -0.0537. The van der Waals surface area contributed by atoms with Crippen LogP contribution in [0.4, 0.5) is 4.79 Å². The van der Waals surface area contributed by atoms with Crippen LogP contribution in [0.5, 0.6) is 11.6 Å². The average Bonchev–Trinajstić information content (AvgIpc) is 3.63. The van der Waals surface area contributed by atoms with Gasteiger partial charge in [0.05, 0.1) is 31.4 Å². The van der Waals surface area contributed by atoms with E-state index in [9.17, 15) is 9.59 Å². The van der Waals surface area contributed by atoms with E-state index >= 15 is 0 Å². The van der Waals surface area contributed by atoms with E-state index in [1.165, 1.54) is 12.1 Å². The summed E-state index contributed by atoms with van der Waals surface area (Å²) in [5, 5.41) is 9.71. The lowest BCUT2D eigenvalue weighted by Gasteiger charge is -2.39. The fourth-order valence-electron chi connectivity index (χ4n) is 5.87. The molecule has 42 heavy (non-hydrogen) atoms. The number of carboxylic acid groups (broad SMARTS) is 1. The Morgan fingerprint density at radius 1 is 1.05 bits per heavy atom. The standard InChI is InChI=1S/C31H33ClN4O6/c32-24-3-1-2-23(16-24)27-19-35(20-29-40-14-15-41-29)31(39)36(27)25-10-12-34(13-11-25)18-21-4-9-28(33-17-21)42-26-7-5-22(6-8-26)30(37)38/h1-9,16-17,25,27,29H,10-15,18-20H2,(H,37,38)/t27-/m0/s1. The molecule has 0 spiro atoms. The van der Waals surface area contributed by atoms with E-state index in [1.807, 2.05) is 41.3 Å². The van der Waals surface area contributed by atoms with Gasteiger partial charge in [-0.2, -0.15) is 0 Å². The number of carboxylic acids is 1. The first kappa shape index (κ1) is 28.4. The number of rotatable bonds is 9. The SMILES string of the molecule is O=C(O)c1ccc(Oc2ccc(CN3CCC(N4C(=O)N(CC5OCCO5)C[C@H]4c4cccc(Cl)c4)CC3)cn2)cc1. The van der Waals surface area contributed by atoms with Gasteiger partial charge in [0.15, 0.2) is 6.29 Å². The highest BCUT2D eigenvalue weighted by Crippen LogP contribution is 2.36. The van der Waals surface area contributed by atoms with Gasteiger partial charge in [-0.05, 0) is 60.4 Å². The van der Waals surface area contributed by atoms with Crippen molar-refractivity contribution in [2.75, 3.05) is 39.4 Å². The zero-order valence-corrected chi connectivity index (χ0v) is 23.9. The van der Waals surface area contributed by atoms with E-state index in [-0.39, 0.29) is 30.0 Å². The van der Waals surface area contributed by atoms with Gasteiger partial charge in [0.2, 0.25) is 5.88 Å². The molecular formula is C31H33ClN4O6. The van der Waals surface area contributed by atoms with Gasteiger partial charge in [0, 0.05) is 49.5 Å². The van der Waals surface area contributed by atoms with Crippen molar-refractivity contribution < 1.29 is 28.9 Å². The molecule has 10 nitrogen and oxygen atoms in total. The molecule has 1 atom stereocenters. The Morgan fingerprint density at radius 2 is 1.81 bits per heavy atom. The van der Waals surface area contributed by atoms with Crippen LogP contribution in [-0.4, -0.2) is 88.5 Å². The first-order chi connectivity index (χ1) is 20.4. The third-order valence-electron chi connectivity index (χ3n) is 7.99. The van der Waals surface area contributed by atoms with E-state index < -0.39 is 5.97 Å². The summed E-state index contributed by atoms with van der Waals surface area (Å²) < 4.78 is 17.0. The molecule has 3 aliphatic rings. The van der Waals surface area contributed by atoms with Gasteiger partial charge in [-0.1, -0.05) is 29.8 Å². The lowest BCUT2D eigenvalue weighted by Crippen LogP contribution is -2.47. The summed E-state index contributed by atoms with van der Waals surface area (Å²) in [4.78, 5) is 35.4. The number of benzene rings is 2. The van der Waals surface area contributed by atoms with Gasteiger partial charge >= 0.3 is 12.0 Å². The van der Waals surface area contributed by atoms with Crippen molar-refractivity contribution in [1.82, 2.24) is 19.7 Å². The van der Waals surface area contributed by atoms with E-state index in [0.29, 0.717) is 43.0 Å². The van der Waals surface area contributed by atoms with E-state index in [1.54, 1.807) is 18.3 Å². The molecule has 1 N–H and O–H groups in total. The number of amides is 2. The van der Waals surface area contributed by atoms with Gasteiger partial charge in [0.25, 0.3) is 0 Å². The number of hydrogen-bond donors (Lipinski definition) is 1. The maximum absolute atomic E-state index is 13.7. The maximum atomic E-state index is 13.7. The lowest BCUT2D eigenvalue weighted by atomic mass is 9.99. The summed E-state index contributed by atoms with van der Waals surface area (Å²) in [6.45, 7) is 4.58. The monoisotopic (exact) mass is 592 g/mol. The molecule has 1 aromatic heterocycles. The smallest absolute Gasteiger partial charge is 0.335 e. The molecule has 11 heteroatoms. The minimum absolute atomic E-state index is 0.0231. The van der Waals surface area contributed by atoms with Crippen LogP contribution in [0, 0.1) is 0 Å². The van der Waals surface area contributed by atoms with Crippen molar-refractivity contribution in [3.8, 4) is 11.6 Å². The third kappa shape index (κ3) is 6.52. The van der Waals surface area contributed by atoms with E-state index in [2.05, 4.69) is 14.8 Å². The second-order valence-electron chi connectivity index (χ2n) is 10.8. The molecule has 2 amide bonds.